The minimum absolute atomic E-state index is 0.0150. The molecule has 1 amide bonds. The molecule has 0 saturated heterocycles. The van der Waals surface area contributed by atoms with Crippen molar-refractivity contribution in [2.45, 2.75) is 69.6 Å². The molecule has 136 valence electrons. The Balaban J connectivity index is 1.30. The number of benzene rings is 1. The number of hydrogen-bond donors (Lipinski definition) is 1. The maximum absolute atomic E-state index is 12.8. The largest absolute Gasteiger partial charge is 0.480 e. The maximum atomic E-state index is 12.8. The average Bonchev–Trinajstić information content (AvgIpc) is 3.39. The number of carbonyl (C=O) groups excluding carboxylic acids is 1. The first kappa shape index (κ1) is 15.9. The molecule has 0 bridgehead atoms. The lowest BCUT2D eigenvalue weighted by Gasteiger charge is -2.23. The van der Waals surface area contributed by atoms with Gasteiger partial charge in [0.2, 0.25) is 0 Å². The first-order valence-corrected chi connectivity index (χ1v) is 9.91. The Kier molecular flexibility index (Phi) is 3.95. The SMILES string of the molecule is O=C(NC1CCCc2cn(C3CCCC3)nc21)C1Cc2ccccc2O1. The molecule has 1 aliphatic heterocycles. The number of amides is 1. The summed E-state index contributed by atoms with van der Waals surface area (Å²) >= 11 is 0. The van der Waals surface area contributed by atoms with E-state index in [1.807, 2.05) is 24.3 Å². The molecule has 5 rings (SSSR count). The van der Waals surface area contributed by atoms with E-state index in [2.05, 4.69) is 16.2 Å². The van der Waals surface area contributed by atoms with Crippen LogP contribution in [0.2, 0.25) is 0 Å². The number of carbonyl (C=O) groups is 1. The predicted molar refractivity (Wildman–Crippen MR) is 98.1 cm³/mol. The van der Waals surface area contributed by atoms with Crippen LogP contribution >= 0.6 is 0 Å². The molecule has 2 unspecified atom stereocenters. The van der Waals surface area contributed by atoms with Crippen molar-refractivity contribution in [2.75, 3.05) is 0 Å². The van der Waals surface area contributed by atoms with Crippen LogP contribution in [0.25, 0.3) is 0 Å². The molecule has 0 spiro atoms. The van der Waals surface area contributed by atoms with E-state index < -0.39 is 6.10 Å². The van der Waals surface area contributed by atoms with Gasteiger partial charge in [-0.1, -0.05) is 31.0 Å². The van der Waals surface area contributed by atoms with E-state index in [1.54, 1.807) is 0 Å². The van der Waals surface area contributed by atoms with E-state index in [-0.39, 0.29) is 11.9 Å². The van der Waals surface area contributed by atoms with Gasteiger partial charge in [-0.2, -0.15) is 5.10 Å². The number of nitrogens with zero attached hydrogens (tertiary/aromatic N) is 2. The molecule has 2 heterocycles. The van der Waals surface area contributed by atoms with Crippen LogP contribution in [0.4, 0.5) is 0 Å². The molecule has 1 saturated carbocycles. The van der Waals surface area contributed by atoms with Crippen molar-refractivity contribution >= 4 is 5.91 Å². The van der Waals surface area contributed by atoms with E-state index in [0.29, 0.717) is 12.5 Å². The smallest absolute Gasteiger partial charge is 0.261 e. The van der Waals surface area contributed by atoms with E-state index in [4.69, 9.17) is 9.84 Å². The molecule has 1 fully saturated rings. The van der Waals surface area contributed by atoms with Crippen LogP contribution in [0.1, 0.15) is 67.4 Å². The van der Waals surface area contributed by atoms with E-state index in [1.165, 1.54) is 31.2 Å². The topological polar surface area (TPSA) is 56.2 Å². The molecule has 1 aromatic heterocycles. The molecule has 0 radical (unpaired) electrons. The zero-order valence-corrected chi connectivity index (χ0v) is 15.0. The summed E-state index contributed by atoms with van der Waals surface area (Å²) in [5, 5.41) is 8.11. The number of rotatable bonds is 3. The fourth-order valence-electron chi connectivity index (χ4n) is 4.65. The van der Waals surface area contributed by atoms with Crippen molar-refractivity contribution in [1.29, 1.82) is 0 Å². The van der Waals surface area contributed by atoms with Crippen LogP contribution in [0, 0.1) is 0 Å². The molecule has 1 N–H and O–H groups in total. The standard InChI is InChI=1S/C21H25N3O2/c25-21(19-12-14-6-1-4-11-18(14)26-19)22-17-10-5-7-15-13-24(23-20(15)17)16-8-2-3-9-16/h1,4,6,11,13,16-17,19H,2-3,5,7-10,12H2,(H,22,25). The van der Waals surface area contributed by atoms with Crippen LogP contribution in [-0.2, 0) is 17.6 Å². The third-order valence-corrected chi connectivity index (χ3v) is 6.06. The van der Waals surface area contributed by atoms with Crippen LogP contribution in [0.5, 0.6) is 5.75 Å². The monoisotopic (exact) mass is 351 g/mol. The second-order valence-electron chi connectivity index (χ2n) is 7.83. The molecule has 2 aliphatic carbocycles. The Hall–Kier alpha value is -2.30. The van der Waals surface area contributed by atoms with Crippen LogP contribution < -0.4 is 10.1 Å². The van der Waals surface area contributed by atoms with E-state index >= 15 is 0 Å². The van der Waals surface area contributed by atoms with Gasteiger partial charge in [-0.15, -0.1) is 0 Å². The molecule has 5 heteroatoms. The van der Waals surface area contributed by atoms with Crippen LogP contribution in [0.3, 0.4) is 0 Å². The van der Waals surface area contributed by atoms with Crippen molar-refractivity contribution in [1.82, 2.24) is 15.1 Å². The van der Waals surface area contributed by atoms with Crippen LogP contribution in [0.15, 0.2) is 30.5 Å². The number of aryl methyl sites for hydroxylation is 1. The zero-order valence-electron chi connectivity index (χ0n) is 15.0. The van der Waals surface area contributed by atoms with Crippen molar-refractivity contribution in [3.8, 4) is 5.75 Å². The van der Waals surface area contributed by atoms with Gasteiger partial charge in [-0.05, 0) is 49.3 Å². The highest BCUT2D eigenvalue weighted by Crippen LogP contribution is 2.34. The molecule has 2 atom stereocenters. The number of para-hydroxylation sites is 1. The number of aromatic nitrogens is 2. The average molecular weight is 351 g/mol. The molecule has 1 aromatic carbocycles. The maximum Gasteiger partial charge on any atom is 0.261 e. The Morgan fingerprint density at radius 2 is 1.96 bits per heavy atom. The van der Waals surface area contributed by atoms with Crippen molar-refractivity contribution in [3.63, 3.8) is 0 Å². The summed E-state index contributed by atoms with van der Waals surface area (Å²) in [5.41, 5.74) is 3.50. The van der Waals surface area contributed by atoms with Gasteiger partial charge in [-0.3, -0.25) is 9.48 Å². The van der Waals surface area contributed by atoms with Gasteiger partial charge >= 0.3 is 0 Å². The minimum Gasteiger partial charge on any atom is -0.480 e. The normalized spacial score (nSPS) is 24.8. The second kappa shape index (κ2) is 6.45. The first-order valence-electron chi connectivity index (χ1n) is 9.91. The highest BCUT2D eigenvalue weighted by atomic mass is 16.5. The molecular weight excluding hydrogens is 326 g/mol. The van der Waals surface area contributed by atoms with Crippen molar-refractivity contribution in [3.05, 3.63) is 47.3 Å². The predicted octanol–water partition coefficient (Wildman–Crippen LogP) is 3.50. The van der Waals surface area contributed by atoms with Crippen LogP contribution in [-0.4, -0.2) is 21.8 Å². The highest BCUT2D eigenvalue weighted by molar-refractivity contribution is 5.83. The fraction of sp³-hybridized carbons (Fsp3) is 0.524. The molecule has 3 aliphatic rings. The summed E-state index contributed by atoms with van der Waals surface area (Å²) in [6.45, 7) is 0. The van der Waals surface area contributed by atoms with Gasteiger partial charge in [0.1, 0.15) is 5.75 Å². The summed E-state index contributed by atoms with van der Waals surface area (Å²) in [5.74, 6) is 0.817. The summed E-state index contributed by atoms with van der Waals surface area (Å²) in [7, 11) is 0. The van der Waals surface area contributed by atoms with Gasteiger partial charge in [0.15, 0.2) is 6.10 Å². The summed E-state index contributed by atoms with van der Waals surface area (Å²) in [4.78, 5) is 12.8. The Bertz CT molecular complexity index is 797. The molecule has 2 aromatic rings. The Morgan fingerprint density at radius 1 is 1.12 bits per heavy atom. The summed E-state index contributed by atoms with van der Waals surface area (Å²) in [6, 6.07) is 8.47. The van der Waals surface area contributed by atoms with Gasteiger partial charge in [0, 0.05) is 12.6 Å². The lowest BCUT2D eigenvalue weighted by molar-refractivity contribution is -0.128. The minimum atomic E-state index is -0.422. The lowest BCUT2D eigenvalue weighted by atomic mass is 9.93. The second-order valence-corrected chi connectivity index (χ2v) is 7.83. The molecule has 5 nitrogen and oxygen atoms in total. The fourth-order valence-corrected chi connectivity index (χ4v) is 4.65. The van der Waals surface area contributed by atoms with Gasteiger partial charge in [0.05, 0.1) is 17.8 Å². The zero-order chi connectivity index (χ0) is 17.5. The van der Waals surface area contributed by atoms with Gasteiger partial charge in [0.25, 0.3) is 5.91 Å². The first-order chi connectivity index (χ1) is 12.8. The molecule has 26 heavy (non-hydrogen) atoms. The van der Waals surface area contributed by atoms with Gasteiger partial charge in [-0.25, -0.2) is 0 Å². The third-order valence-electron chi connectivity index (χ3n) is 6.06. The third kappa shape index (κ3) is 2.79. The number of nitrogens with one attached hydrogen (secondary N) is 1. The number of hydrogen-bond acceptors (Lipinski definition) is 3. The Morgan fingerprint density at radius 3 is 2.81 bits per heavy atom. The van der Waals surface area contributed by atoms with E-state index in [0.717, 1.165) is 36.3 Å². The Labute approximate surface area is 153 Å². The summed E-state index contributed by atoms with van der Waals surface area (Å²) in [6.07, 6.45) is 10.6. The van der Waals surface area contributed by atoms with Gasteiger partial charge < -0.3 is 10.1 Å². The summed E-state index contributed by atoms with van der Waals surface area (Å²) < 4.78 is 8.02. The van der Waals surface area contributed by atoms with E-state index in [9.17, 15) is 4.79 Å². The quantitative estimate of drug-likeness (QED) is 0.921. The van der Waals surface area contributed by atoms with Crippen molar-refractivity contribution < 1.29 is 9.53 Å². The van der Waals surface area contributed by atoms with Crippen molar-refractivity contribution in [2.24, 2.45) is 0 Å². The molecular formula is C21H25N3O2. The highest BCUT2D eigenvalue weighted by Gasteiger charge is 2.33. The number of fused-ring (bicyclic) bond motifs is 2. The number of ether oxygens (including phenoxy) is 1. The lowest BCUT2D eigenvalue weighted by Crippen LogP contribution is -2.40.